The average Bonchev–Trinajstić information content (AvgIpc) is 2.58. The van der Waals surface area contributed by atoms with Gasteiger partial charge in [0.2, 0.25) is 9.84 Å². The fraction of sp³-hybridized carbons (Fsp3) is 0.200. The van der Waals surface area contributed by atoms with Gasteiger partial charge in [-0.05, 0) is 30.3 Å². The van der Waals surface area contributed by atoms with Crippen LogP contribution in [0.1, 0.15) is 16.1 Å². The molecule has 0 aliphatic heterocycles. The summed E-state index contributed by atoms with van der Waals surface area (Å²) in [6, 6.07) is 3.39. The van der Waals surface area contributed by atoms with Gasteiger partial charge in [0.1, 0.15) is 6.54 Å². The van der Waals surface area contributed by atoms with Gasteiger partial charge in [0.15, 0.2) is 5.69 Å². The number of sulfone groups is 1. The van der Waals surface area contributed by atoms with Crippen LogP contribution in [0.15, 0.2) is 46.3 Å². The van der Waals surface area contributed by atoms with Gasteiger partial charge in [0.25, 0.3) is 5.91 Å². The molecule has 2 rings (SSSR count). The minimum absolute atomic E-state index is 0.490. The SMILES string of the molecule is Nc1cc(S(=O)(=O)c2ccc(C(F)(F)F)cc2)cnc1C(=O)NCC(F)(F)F. The van der Waals surface area contributed by atoms with E-state index in [1.165, 1.54) is 5.32 Å². The number of nitrogen functional groups attached to an aromatic ring is 1. The van der Waals surface area contributed by atoms with Crippen LogP contribution in [-0.4, -0.2) is 32.0 Å². The highest BCUT2D eigenvalue weighted by Gasteiger charge is 2.31. The third-order valence-electron chi connectivity index (χ3n) is 3.36. The van der Waals surface area contributed by atoms with Gasteiger partial charge >= 0.3 is 12.4 Å². The summed E-state index contributed by atoms with van der Waals surface area (Å²) in [6.07, 6.45) is -8.65. The van der Waals surface area contributed by atoms with Gasteiger partial charge in [0.05, 0.1) is 21.0 Å². The summed E-state index contributed by atoms with van der Waals surface area (Å²) in [4.78, 5) is 14.1. The van der Waals surface area contributed by atoms with E-state index < -0.39 is 61.4 Å². The molecule has 0 radical (unpaired) electrons. The van der Waals surface area contributed by atoms with E-state index >= 15 is 0 Å². The fourth-order valence-electron chi connectivity index (χ4n) is 2.02. The van der Waals surface area contributed by atoms with Crippen molar-refractivity contribution in [2.75, 3.05) is 12.3 Å². The molecule has 13 heteroatoms. The molecule has 3 N–H and O–H groups in total. The highest BCUT2D eigenvalue weighted by molar-refractivity contribution is 7.91. The molecule has 1 amide bonds. The Labute approximate surface area is 154 Å². The van der Waals surface area contributed by atoms with Crippen LogP contribution in [0.3, 0.4) is 0 Å². The maximum Gasteiger partial charge on any atom is 0.416 e. The highest BCUT2D eigenvalue weighted by Crippen LogP contribution is 2.31. The van der Waals surface area contributed by atoms with Gasteiger partial charge < -0.3 is 11.1 Å². The Morgan fingerprint density at radius 1 is 1.04 bits per heavy atom. The van der Waals surface area contributed by atoms with Crippen molar-refractivity contribution in [3.63, 3.8) is 0 Å². The number of nitrogens with two attached hydrogens (primary N) is 1. The number of carbonyl (C=O) groups excluding carboxylic acids is 1. The third kappa shape index (κ3) is 4.91. The molecule has 1 heterocycles. The van der Waals surface area contributed by atoms with Crippen LogP contribution in [0.4, 0.5) is 32.0 Å². The second-order valence-electron chi connectivity index (χ2n) is 5.43. The predicted octanol–water partition coefficient (Wildman–Crippen LogP) is 2.81. The van der Waals surface area contributed by atoms with Crippen molar-refractivity contribution in [2.24, 2.45) is 0 Å². The van der Waals surface area contributed by atoms with Crippen molar-refractivity contribution < 1.29 is 39.6 Å². The maximum absolute atomic E-state index is 12.6. The van der Waals surface area contributed by atoms with Gasteiger partial charge in [-0.2, -0.15) is 26.3 Å². The lowest BCUT2D eigenvalue weighted by Gasteiger charge is -2.11. The molecular weight excluding hydrogens is 416 g/mol. The number of rotatable bonds is 4. The summed E-state index contributed by atoms with van der Waals surface area (Å²) >= 11 is 0. The van der Waals surface area contributed by atoms with E-state index in [9.17, 15) is 39.6 Å². The minimum atomic E-state index is -4.67. The summed E-state index contributed by atoms with van der Waals surface area (Å²) in [5.74, 6) is -1.27. The molecule has 1 aromatic heterocycles. The van der Waals surface area contributed by atoms with Gasteiger partial charge in [-0.15, -0.1) is 0 Å². The number of hydrogen-bond acceptors (Lipinski definition) is 5. The normalized spacial score (nSPS) is 12.6. The maximum atomic E-state index is 12.6. The molecule has 0 atom stereocenters. The second kappa shape index (κ2) is 7.30. The van der Waals surface area contributed by atoms with Gasteiger partial charge in [-0.3, -0.25) is 4.79 Å². The van der Waals surface area contributed by atoms with Crippen LogP contribution < -0.4 is 11.1 Å². The Morgan fingerprint density at radius 3 is 2.07 bits per heavy atom. The number of anilines is 1. The lowest BCUT2D eigenvalue weighted by Crippen LogP contribution is -2.34. The Kier molecular flexibility index (Phi) is 5.59. The quantitative estimate of drug-likeness (QED) is 0.731. The molecule has 0 aliphatic carbocycles. The Balaban J connectivity index is 2.30. The van der Waals surface area contributed by atoms with Crippen molar-refractivity contribution >= 4 is 21.4 Å². The van der Waals surface area contributed by atoms with Crippen molar-refractivity contribution in [1.29, 1.82) is 0 Å². The molecule has 1 aromatic carbocycles. The number of amides is 1. The number of pyridine rings is 1. The van der Waals surface area contributed by atoms with Gasteiger partial charge in [-0.1, -0.05) is 0 Å². The molecule has 0 bridgehead atoms. The van der Waals surface area contributed by atoms with Crippen molar-refractivity contribution in [3.05, 3.63) is 47.8 Å². The molecule has 0 unspecified atom stereocenters. The first-order valence-corrected chi connectivity index (χ1v) is 8.73. The molecular formula is C15H11F6N3O3S. The molecule has 6 nitrogen and oxygen atoms in total. The lowest BCUT2D eigenvalue weighted by atomic mass is 10.2. The summed E-state index contributed by atoms with van der Waals surface area (Å²) in [7, 11) is -4.32. The molecule has 0 saturated heterocycles. The Morgan fingerprint density at radius 2 is 1.61 bits per heavy atom. The van der Waals surface area contributed by atoms with E-state index in [-0.39, 0.29) is 0 Å². The van der Waals surface area contributed by atoms with Gasteiger partial charge in [0, 0.05) is 6.20 Å². The standard InChI is InChI=1S/C15H11F6N3O3S/c16-14(17,18)7-24-13(25)12-11(22)5-10(6-23-12)28(26,27)9-3-1-8(2-4-9)15(19,20)21/h1-6H,7,22H2,(H,24,25). The largest absolute Gasteiger partial charge is 0.416 e. The first kappa shape index (κ1) is 21.5. The monoisotopic (exact) mass is 427 g/mol. The van der Waals surface area contributed by atoms with Crippen LogP contribution in [-0.2, 0) is 16.0 Å². The van der Waals surface area contributed by atoms with E-state index in [0.717, 1.165) is 18.2 Å². The van der Waals surface area contributed by atoms with E-state index in [1.54, 1.807) is 0 Å². The van der Waals surface area contributed by atoms with Crippen LogP contribution in [0, 0.1) is 0 Å². The van der Waals surface area contributed by atoms with Crippen molar-refractivity contribution in [2.45, 2.75) is 22.1 Å². The minimum Gasteiger partial charge on any atom is -0.397 e. The molecule has 0 aliphatic rings. The Hall–Kier alpha value is -2.83. The van der Waals surface area contributed by atoms with Crippen LogP contribution in [0.5, 0.6) is 0 Å². The number of hydrogen-bond donors (Lipinski definition) is 2. The van der Waals surface area contributed by atoms with Crippen molar-refractivity contribution in [1.82, 2.24) is 10.3 Å². The zero-order valence-corrected chi connectivity index (χ0v) is 14.4. The summed E-state index contributed by atoms with van der Waals surface area (Å²) in [6.45, 7) is -1.64. The highest BCUT2D eigenvalue weighted by atomic mass is 32.2. The van der Waals surface area contributed by atoms with Crippen LogP contribution in [0.25, 0.3) is 0 Å². The Bertz CT molecular complexity index is 986. The molecule has 0 spiro atoms. The number of benzene rings is 1. The van der Waals surface area contributed by atoms with E-state index in [1.807, 2.05) is 0 Å². The second-order valence-corrected chi connectivity index (χ2v) is 7.38. The predicted molar refractivity (Wildman–Crippen MR) is 83.9 cm³/mol. The van der Waals surface area contributed by atoms with Crippen LogP contribution in [0.2, 0.25) is 0 Å². The third-order valence-corrected chi connectivity index (χ3v) is 5.10. The number of alkyl halides is 6. The summed E-state index contributed by atoms with van der Waals surface area (Å²) in [5, 5.41) is 1.53. The number of nitrogens with zero attached hydrogens (tertiary/aromatic N) is 1. The average molecular weight is 427 g/mol. The van der Waals surface area contributed by atoms with Gasteiger partial charge in [-0.25, -0.2) is 13.4 Å². The summed E-state index contributed by atoms with van der Waals surface area (Å²) in [5.41, 5.74) is 3.30. The zero-order valence-electron chi connectivity index (χ0n) is 13.6. The van der Waals surface area contributed by atoms with E-state index in [2.05, 4.69) is 4.98 Å². The van der Waals surface area contributed by atoms with E-state index in [0.29, 0.717) is 18.3 Å². The molecule has 28 heavy (non-hydrogen) atoms. The number of nitrogens with one attached hydrogen (secondary N) is 1. The molecule has 0 saturated carbocycles. The summed E-state index contributed by atoms with van der Waals surface area (Å²) < 4.78 is 99.0. The fourth-order valence-corrected chi connectivity index (χ4v) is 3.26. The van der Waals surface area contributed by atoms with E-state index in [4.69, 9.17) is 5.73 Å². The number of halogens is 6. The van der Waals surface area contributed by atoms with Crippen molar-refractivity contribution in [3.8, 4) is 0 Å². The number of aromatic nitrogens is 1. The van der Waals surface area contributed by atoms with Crippen LogP contribution >= 0.6 is 0 Å². The lowest BCUT2D eigenvalue weighted by molar-refractivity contribution is -0.137. The number of carbonyl (C=O) groups is 1. The first-order chi connectivity index (χ1) is 12.7. The molecule has 2 aromatic rings. The molecule has 0 fully saturated rings. The first-order valence-electron chi connectivity index (χ1n) is 7.24. The molecule has 152 valence electrons. The topological polar surface area (TPSA) is 102 Å². The smallest absolute Gasteiger partial charge is 0.397 e. The zero-order chi connectivity index (χ0) is 21.3.